The van der Waals surface area contributed by atoms with Crippen molar-refractivity contribution < 1.29 is 4.92 Å². The lowest BCUT2D eigenvalue weighted by Gasteiger charge is -2.20. The summed E-state index contributed by atoms with van der Waals surface area (Å²) in [4.78, 5) is 20.9. The average Bonchev–Trinajstić information content (AvgIpc) is 3.31. The molecule has 1 atom stereocenters. The number of pyridine rings is 1. The molecule has 0 aromatic carbocycles. The molecule has 0 amide bonds. The van der Waals surface area contributed by atoms with E-state index in [1.807, 2.05) is 12.1 Å². The summed E-state index contributed by atoms with van der Waals surface area (Å²) < 4.78 is 1.53. The number of nitro groups is 1. The SMILES string of the molecule is CN=C(NCCn1cc([N+](=O)[O-])cn1)NC1CCN(c2ncccc2Cl)C1.I. The van der Waals surface area contributed by atoms with E-state index in [0.29, 0.717) is 24.1 Å². The summed E-state index contributed by atoms with van der Waals surface area (Å²) in [7, 11) is 1.70. The van der Waals surface area contributed by atoms with E-state index in [9.17, 15) is 10.1 Å². The highest BCUT2D eigenvalue weighted by molar-refractivity contribution is 14.0. The Labute approximate surface area is 184 Å². The number of halogens is 2. The summed E-state index contributed by atoms with van der Waals surface area (Å²) >= 11 is 6.22. The second kappa shape index (κ2) is 10.4. The predicted molar refractivity (Wildman–Crippen MR) is 119 cm³/mol. The molecule has 0 spiro atoms. The third-order valence-corrected chi connectivity index (χ3v) is 4.55. The van der Waals surface area contributed by atoms with Crippen molar-refractivity contribution in [3.8, 4) is 0 Å². The Bertz CT molecular complexity index is 830. The first-order chi connectivity index (χ1) is 13.1. The van der Waals surface area contributed by atoms with Crippen molar-refractivity contribution in [2.75, 3.05) is 31.6 Å². The van der Waals surface area contributed by atoms with E-state index in [2.05, 4.69) is 30.6 Å². The van der Waals surface area contributed by atoms with Gasteiger partial charge in [0.25, 0.3) is 0 Å². The van der Waals surface area contributed by atoms with Gasteiger partial charge in [-0.25, -0.2) is 4.98 Å². The van der Waals surface area contributed by atoms with Gasteiger partial charge >= 0.3 is 5.69 Å². The maximum Gasteiger partial charge on any atom is 0.306 e. The monoisotopic (exact) mass is 520 g/mol. The van der Waals surface area contributed by atoms with Crippen LogP contribution in [0.1, 0.15) is 6.42 Å². The number of aromatic nitrogens is 3. The molecule has 1 unspecified atom stereocenters. The van der Waals surface area contributed by atoms with Crippen LogP contribution in [0.3, 0.4) is 0 Å². The third kappa shape index (κ3) is 5.67. The van der Waals surface area contributed by atoms with Gasteiger partial charge in [-0.05, 0) is 18.6 Å². The van der Waals surface area contributed by atoms with Gasteiger partial charge in [-0.15, -0.1) is 24.0 Å². The maximum absolute atomic E-state index is 10.7. The molecule has 0 radical (unpaired) electrons. The molecule has 1 saturated heterocycles. The number of hydrogen-bond acceptors (Lipinski definition) is 6. The van der Waals surface area contributed by atoms with E-state index >= 15 is 0 Å². The van der Waals surface area contributed by atoms with Crippen molar-refractivity contribution in [1.29, 1.82) is 0 Å². The highest BCUT2D eigenvalue weighted by Gasteiger charge is 2.25. The molecule has 152 valence electrons. The minimum atomic E-state index is -0.461. The average molecular weight is 521 g/mol. The van der Waals surface area contributed by atoms with Crippen molar-refractivity contribution >= 4 is 53.0 Å². The fraction of sp³-hybridized carbons (Fsp3) is 0.438. The summed E-state index contributed by atoms with van der Waals surface area (Å²) in [5.41, 5.74) is -0.0169. The number of rotatable bonds is 6. The summed E-state index contributed by atoms with van der Waals surface area (Å²) in [6, 6.07) is 3.88. The predicted octanol–water partition coefficient (Wildman–Crippen LogP) is 1.90. The Kier molecular flexibility index (Phi) is 8.23. The molecule has 28 heavy (non-hydrogen) atoms. The number of nitrogens with zero attached hydrogens (tertiary/aromatic N) is 6. The molecule has 2 aromatic heterocycles. The second-order valence-corrected chi connectivity index (χ2v) is 6.51. The molecule has 0 saturated carbocycles. The van der Waals surface area contributed by atoms with Crippen molar-refractivity contribution in [2.45, 2.75) is 19.0 Å². The Hall–Kier alpha value is -2.15. The van der Waals surface area contributed by atoms with E-state index in [1.54, 1.807) is 13.2 Å². The minimum Gasteiger partial charge on any atom is -0.355 e. The fourth-order valence-electron chi connectivity index (χ4n) is 2.93. The molecule has 10 nitrogen and oxygen atoms in total. The van der Waals surface area contributed by atoms with Gasteiger partial charge in [0.1, 0.15) is 18.2 Å². The molecule has 0 aliphatic carbocycles. The van der Waals surface area contributed by atoms with Crippen molar-refractivity contribution in [2.24, 2.45) is 4.99 Å². The molecule has 2 N–H and O–H groups in total. The minimum absolute atomic E-state index is 0. The van der Waals surface area contributed by atoms with Gasteiger partial charge in [-0.2, -0.15) is 5.10 Å². The molecule has 3 heterocycles. The number of hydrogen-bond donors (Lipinski definition) is 2. The molecule has 1 aliphatic rings. The zero-order chi connectivity index (χ0) is 19.2. The van der Waals surface area contributed by atoms with E-state index in [4.69, 9.17) is 11.6 Å². The maximum atomic E-state index is 10.7. The quantitative estimate of drug-likeness (QED) is 0.197. The highest BCUT2D eigenvalue weighted by atomic mass is 127. The zero-order valence-corrected chi connectivity index (χ0v) is 18.4. The van der Waals surface area contributed by atoms with Gasteiger partial charge < -0.3 is 15.5 Å². The first kappa shape index (κ1) is 22.1. The molecule has 3 rings (SSSR count). The standard InChI is InChI=1S/C16H21ClN8O2.HI/c1-18-16(20-6-8-24-11-13(9-21-24)25(26)27)22-12-4-7-23(10-12)15-14(17)3-2-5-19-15;/h2-3,5,9,11-12H,4,6-8,10H2,1H3,(H2,18,20,22);1H. The Balaban J connectivity index is 0.00000280. The first-order valence-corrected chi connectivity index (χ1v) is 8.94. The van der Waals surface area contributed by atoms with Gasteiger partial charge in [0, 0.05) is 38.9 Å². The van der Waals surface area contributed by atoms with Crippen LogP contribution in [0.15, 0.2) is 35.7 Å². The van der Waals surface area contributed by atoms with Gasteiger partial charge in [0.05, 0.1) is 16.5 Å². The van der Waals surface area contributed by atoms with Gasteiger partial charge in [-0.3, -0.25) is 19.8 Å². The van der Waals surface area contributed by atoms with Crippen LogP contribution in [-0.2, 0) is 6.54 Å². The smallest absolute Gasteiger partial charge is 0.306 e. The summed E-state index contributed by atoms with van der Waals surface area (Å²) in [5.74, 6) is 1.47. The van der Waals surface area contributed by atoms with Crippen molar-refractivity contribution in [3.63, 3.8) is 0 Å². The Morgan fingerprint density at radius 3 is 3.04 bits per heavy atom. The topological polar surface area (TPSA) is 114 Å². The van der Waals surface area contributed by atoms with Crippen LogP contribution in [-0.4, -0.2) is 58.4 Å². The summed E-state index contributed by atoms with van der Waals surface area (Å²) in [6.07, 6.45) is 5.33. The molecular formula is C16H22ClIN8O2. The van der Waals surface area contributed by atoms with E-state index in [0.717, 1.165) is 25.3 Å². The Morgan fingerprint density at radius 2 is 2.36 bits per heavy atom. The normalized spacial score (nSPS) is 16.6. The lowest BCUT2D eigenvalue weighted by atomic mass is 10.3. The fourth-order valence-corrected chi connectivity index (χ4v) is 3.17. The molecular weight excluding hydrogens is 499 g/mol. The molecule has 0 bridgehead atoms. The molecule has 1 aliphatic heterocycles. The second-order valence-electron chi connectivity index (χ2n) is 6.10. The zero-order valence-electron chi connectivity index (χ0n) is 15.3. The number of anilines is 1. The van der Waals surface area contributed by atoms with Crippen LogP contribution in [0, 0.1) is 10.1 Å². The van der Waals surface area contributed by atoms with Crippen LogP contribution < -0.4 is 15.5 Å². The highest BCUT2D eigenvalue weighted by Crippen LogP contribution is 2.25. The van der Waals surface area contributed by atoms with Crippen molar-refractivity contribution in [1.82, 2.24) is 25.4 Å². The lowest BCUT2D eigenvalue weighted by Crippen LogP contribution is -2.45. The molecule has 2 aromatic rings. The first-order valence-electron chi connectivity index (χ1n) is 8.56. The number of aliphatic imine (C=N–C) groups is 1. The number of guanidine groups is 1. The third-order valence-electron chi connectivity index (χ3n) is 4.26. The lowest BCUT2D eigenvalue weighted by molar-refractivity contribution is -0.385. The van der Waals surface area contributed by atoms with Crippen molar-refractivity contribution in [3.05, 3.63) is 45.9 Å². The van der Waals surface area contributed by atoms with Gasteiger partial charge in [0.2, 0.25) is 0 Å². The van der Waals surface area contributed by atoms with E-state index < -0.39 is 4.92 Å². The van der Waals surface area contributed by atoms with Crippen LogP contribution in [0.25, 0.3) is 0 Å². The van der Waals surface area contributed by atoms with Gasteiger partial charge in [-0.1, -0.05) is 11.6 Å². The van der Waals surface area contributed by atoms with Gasteiger partial charge in [0.15, 0.2) is 5.96 Å². The Morgan fingerprint density at radius 1 is 1.54 bits per heavy atom. The van der Waals surface area contributed by atoms with E-state index in [-0.39, 0.29) is 35.7 Å². The number of nitrogens with one attached hydrogen (secondary N) is 2. The molecule has 1 fully saturated rings. The van der Waals surface area contributed by atoms with Crippen LogP contribution in [0.4, 0.5) is 11.5 Å². The summed E-state index contributed by atoms with van der Waals surface area (Å²) in [5, 5.41) is 21.9. The van der Waals surface area contributed by atoms with Crippen LogP contribution >= 0.6 is 35.6 Å². The van der Waals surface area contributed by atoms with E-state index in [1.165, 1.54) is 17.1 Å². The largest absolute Gasteiger partial charge is 0.355 e. The summed E-state index contributed by atoms with van der Waals surface area (Å²) in [6.45, 7) is 2.68. The van der Waals surface area contributed by atoms with Crippen LogP contribution in [0.2, 0.25) is 5.02 Å². The molecule has 12 heteroatoms. The van der Waals surface area contributed by atoms with Crippen LogP contribution in [0.5, 0.6) is 0 Å².